The fourth-order valence-electron chi connectivity index (χ4n) is 2.63. The van der Waals surface area contributed by atoms with Gasteiger partial charge in [-0.05, 0) is 31.1 Å². The summed E-state index contributed by atoms with van der Waals surface area (Å²) in [6.45, 7) is 7.68. The van der Waals surface area contributed by atoms with Gasteiger partial charge in [-0.15, -0.1) is 0 Å². The molecule has 2 aliphatic rings. The zero-order valence-corrected chi connectivity index (χ0v) is 13.5. The van der Waals surface area contributed by atoms with Crippen LogP contribution in [0.15, 0.2) is 0 Å². The molecular weight excluding hydrogens is 266 g/mol. The largest absolute Gasteiger partial charge is 0.353 e. The van der Waals surface area contributed by atoms with Crippen LogP contribution in [-0.2, 0) is 9.59 Å². The van der Waals surface area contributed by atoms with E-state index in [4.69, 9.17) is 5.73 Å². The molecule has 0 radical (unpaired) electrons. The van der Waals surface area contributed by atoms with Gasteiger partial charge in [0, 0.05) is 37.5 Å². The Hall–Kier alpha value is -1.10. The maximum absolute atomic E-state index is 12.0. The van der Waals surface area contributed by atoms with Gasteiger partial charge in [-0.1, -0.05) is 20.8 Å². The van der Waals surface area contributed by atoms with E-state index >= 15 is 0 Å². The van der Waals surface area contributed by atoms with Gasteiger partial charge in [-0.2, -0.15) is 0 Å². The molecule has 1 heterocycles. The lowest BCUT2D eigenvalue weighted by Crippen LogP contribution is -2.48. The van der Waals surface area contributed by atoms with Gasteiger partial charge in [0.15, 0.2) is 0 Å². The molecule has 5 nitrogen and oxygen atoms in total. The van der Waals surface area contributed by atoms with Gasteiger partial charge in [0.25, 0.3) is 0 Å². The predicted molar refractivity (Wildman–Crippen MR) is 82.5 cm³/mol. The minimum atomic E-state index is -0.131. The van der Waals surface area contributed by atoms with E-state index in [0.29, 0.717) is 18.2 Å². The minimum Gasteiger partial charge on any atom is -0.353 e. The van der Waals surface area contributed by atoms with Crippen LogP contribution in [0.4, 0.5) is 0 Å². The first-order valence-electron chi connectivity index (χ1n) is 8.11. The van der Waals surface area contributed by atoms with Gasteiger partial charge in [-0.3, -0.25) is 9.59 Å². The van der Waals surface area contributed by atoms with Crippen LogP contribution in [0.25, 0.3) is 0 Å². The SMILES string of the molecule is CC(C)(C)C(N)CC(=O)NC1CCN(C(=O)C2CC2)CC1. The van der Waals surface area contributed by atoms with Crippen LogP contribution in [0.2, 0.25) is 0 Å². The molecule has 0 aromatic rings. The number of hydrogen-bond acceptors (Lipinski definition) is 3. The van der Waals surface area contributed by atoms with Crippen molar-refractivity contribution >= 4 is 11.8 Å². The molecule has 120 valence electrons. The Morgan fingerprint density at radius 1 is 1.19 bits per heavy atom. The van der Waals surface area contributed by atoms with E-state index in [1.807, 2.05) is 25.7 Å². The molecule has 1 saturated carbocycles. The van der Waals surface area contributed by atoms with Crippen molar-refractivity contribution in [2.75, 3.05) is 13.1 Å². The summed E-state index contributed by atoms with van der Waals surface area (Å²) in [5.41, 5.74) is 5.99. The summed E-state index contributed by atoms with van der Waals surface area (Å²) in [6.07, 6.45) is 4.19. The number of nitrogens with one attached hydrogen (secondary N) is 1. The fourth-order valence-corrected chi connectivity index (χ4v) is 2.63. The van der Waals surface area contributed by atoms with Crippen molar-refractivity contribution in [1.29, 1.82) is 0 Å². The molecule has 0 aromatic heterocycles. The molecule has 3 N–H and O–H groups in total. The first kappa shape index (κ1) is 16.3. The molecule has 1 unspecified atom stereocenters. The smallest absolute Gasteiger partial charge is 0.225 e. The average Bonchev–Trinajstić information content (AvgIpc) is 3.21. The molecular formula is C16H29N3O2. The second kappa shape index (κ2) is 6.34. The van der Waals surface area contributed by atoms with Crippen LogP contribution >= 0.6 is 0 Å². The first-order valence-corrected chi connectivity index (χ1v) is 8.11. The van der Waals surface area contributed by atoms with E-state index in [1.54, 1.807) is 0 Å². The third-order valence-corrected chi connectivity index (χ3v) is 4.62. The molecule has 1 saturated heterocycles. The highest BCUT2D eigenvalue weighted by Gasteiger charge is 2.35. The van der Waals surface area contributed by atoms with Gasteiger partial charge in [-0.25, -0.2) is 0 Å². The lowest BCUT2D eigenvalue weighted by molar-refractivity contribution is -0.133. The van der Waals surface area contributed by atoms with E-state index < -0.39 is 0 Å². The molecule has 1 aliphatic heterocycles. The van der Waals surface area contributed by atoms with Crippen molar-refractivity contribution in [3.63, 3.8) is 0 Å². The Labute approximate surface area is 127 Å². The lowest BCUT2D eigenvalue weighted by Gasteiger charge is -2.33. The number of rotatable bonds is 4. The molecule has 21 heavy (non-hydrogen) atoms. The average molecular weight is 295 g/mol. The molecule has 2 rings (SSSR count). The molecule has 5 heteroatoms. The number of hydrogen-bond donors (Lipinski definition) is 2. The molecule has 0 bridgehead atoms. The van der Waals surface area contributed by atoms with E-state index in [-0.39, 0.29) is 23.4 Å². The maximum Gasteiger partial charge on any atom is 0.225 e. The van der Waals surface area contributed by atoms with Crippen molar-refractivity contribution in [3.05, 3.63) is 0 Å². The Kier molecular flexibility index (Phi) is 4.91. The predicted octanol–water partition coefficient (Wildman–Crippen LogP) is 1.27. The third kappa shape index (κ3) is 4.70. The number of piperidine rings is 1. The van der Waals surface area contributed by atoms with Crippen molar-refractivity contribution in [1.82, 2.24) is 10.2 Å². The summed E-state index contributed by atoms with van der Waals surface area (Å²) < 4.78 is 0. The normalized spacial score (nSPS) is 22.0. The molecule has 1 aliphatic carbocycles. The van der Waals surface area contributed by atoms with Crippen molar-refractivity contribution in [3.8, 4) is 0 Å². The number of carbonyl (C=O) groups excluding carboxylic acids is 2. The van der Waals surface area contributed by atoms with Crippen LogP contribution < -0.4 is 11.1 Å². The van der Waals surface area contributed by atoms with Gasteiger partial charge >= 0.3 is 0 Å². The quantitative estimate of drug-likeness (QED) is 0.820. The van der Waals surface area contributed by atoms with Crippen LogP contribution in [0.3, 0.4) is 0 Å². The fraction of sp³-hybridized carbons (Fsp3) is 0.875. The molecule has 0 spiro atoms. The van der Waals surface area contributed by atoms with Gasteiger partial charge in [0.1, 0.15) is 0 Å². The lowest BCUT2D eigenvalue weighted by atomic mass is 9.85. The van der Waals surface area contributed by atoms with E-state index in [0.717, 1.165) is 38.8 Å². The second-order valence-electron chi connectivity index (χ2n) is 7.62. The number of nitrogens with two attached hydrogens (primary N) is 1. The zero-order chi connectivity index (χ0) is 15.6. The zero-order valence-electron chi connectivity index (χ0n) is 13.5. The summed E-state index contributed by atoms with van der Waals surface area (Å²) in [5, 5.41) is 3.07. The first-order chi connectivity index (χ1) is 9.77. The standard InChI is InChI=1S/C16H29N3O2/c1-16(2,3)13(17)10-14(20)18-12-6-8-19(9-7-12)15(21)11-4-5-11/h11-13H,4-10,17H2,1-3H3,(H,18,20). The van der Waals surface area contributed by atoms with Crippen LogP contribution in [0, 0.1) is 11.3 Å². The van der Waals surface area contributed by atoms with E-state index in [1.165, 1.54) is 0 Å². The molecule has 1 atom stereocenters. The van der Waals surface area contributed by atoms with Gasteiger partial charge in [0.05, 0.1) is 0 Å². The molecule has 2 fully saturated rings. The highest BCUT2D eigenvalue weighted by molar-refractivity contribution is 5.81. The maximum atomic E-state index is 12.0. The number of carbonyl (C=O) groups is 2. The van der Waals surface area contributed by atoms with E-state index in [2.05, 4.69) is 5.32 Å². The highest BCUT2D eigenvalue weighted by atomic mass is 16.2. The van der Waals surface area contributed by atoms with Crippen molar-refractivity contribution in [2.24, 2.45) is 17.1 Å². The summed E-state index contributed by atoms with van der Waals surface area (Å²) in [4.78, 5) is 26.0. The number of nitrogens with zero attached hydrogens (tertiary/aromatic N) is 1. The van der Waals surface area contributed by atoms with Crippen molar-refractivity contribution in [2.45, 2.75) is 65.0 Å². The summed E-state index contributed by atoms with van der Waals surface area (Å²) in [7, 11) is 0. The monoisotopic (exact) mass is 295 g/mol. The number of amides is 2. The Morgan fingerprint density at radius 2 is 1.76 bits per heavy atom. The van der Waals surface area contributed by atoms with Crippen LogP contribution in [0.1, 0.15) is 52.9 Å². The topological polar surface area (TPSA) is 75.4 Å². The minimum absolute atomic E-state index is 0.0318. The van der Waals surface area contributed by atoms with Gasteiger partial charge in [0.2, 0.25) is 11.8 Å². The van der Waals surface area contributed by atoms with E-state index in [9.17, 15) is 9.59 Å². The third-order valence-electron chi connectivity index (χ3n) is 4.62. The summed E-state index contributed by atoms with van der Waals surface area (Å²) in [6, 6.07) is 0.0574. The Morgan fingerprint density at radius 3 is 2.24 bits per heavy atom. The second-order valence-corrected chi connectivity index (χ2v) is 7.62. The van der Waals surface area contributed by atoms with Crippen LogP contribution in [-0.4, -0.2) is 41.9 Å². The molecule has 0 aromatic carbocycles. The summed E-state index contributed by atoms with van der Waals surface area (Å²) >= 11 is 0. The van der Waals surface area contributed by atoms with Crippen LogP contribution in [0.5, 0.6) is 0 Å². The summed E-state index contributed by atoms with van der Waals surface area (Å²) in [5.74, 6) is 0.639. The number of likely N-dealkylation sites (tertiary alicyclic amines) is 1. The Bertz CT molecular complexity index is 391. The Balaban J connectivity index is 1.70. The highest BCUT2D eigenvalue weighted by Crippen LogP contribution is 2.31. The van der Waals surface area contributed by atoms with Gasteiger partial charge < -0.3 is 16.0 Å². The molecule has 2 amide bonds. The van der Waals surface area contributed by atoms with Crippen molar-refractivity contribution < 1.29 is 9.59 Å².